The van der Waals surface area contributed by atoms with E-state index >= 15 is 0 Å². The van der Waals surface area contributed by atoms with E-state index in [1.54, 1.807) is 39.7 Å². The molecule has 0 radical (unpaired) electrons. The Morgan fingerprint density at radius 2 is 1.52 bits per heavy atom. The van der Waals surface area contributed by atoms with Crippen molar-refractivity contribution in [1.29, 1.82) is 0 Å². The zero-order valence-corrected chi connectivity index (χ0v) is 14.0. The van der Waals surface area contributed by atoms with E-state index in [0.717, 1.165) is 16.7 Å². The quantitative estimate of drug-likeness (QED) is 0.853. The normalized spacial score (nSPS) is 10.8. The van der Waals surface area contributed by atoms with Gasteiger partial charge in [0.05, 0.1) is 21.3 Å². The molecule has 0 aliphatic heterocycles. The Kier molecular flexibility index (Phi) is 5.11. The molecule has 0 saturated heterocycles. The van der Waals surface area contributed by atoms with Gasteiger partial charge in [-0.05, 0) is 43.2 Å². The molecule has 5 heteroatoms. The summed E-state index contributed by atoms with van der Waals surface area (Å²) in [5.41, 5.74) is 3.13. The van der Waals surface area contributed by atoms with Crippen LogP contribution in [0.4, 0.5) is 5.69 Å². The lowest BCUT2D eigenvalue weighted by Crippen LogP contribution is -1.96. The number of aromatic hydroxyl groups is 1. The minimum atomic E-state index is 0.180. The van der Waals surface area contributed by atoms with Gasteiger partial charge in [0.2, 0.25) is 5.75 Å². The molecule has 2 aromatic rings. The van der Waals surface area contributed by atoms with Crippen LogP contribution in [0.25, 0.3) is 0 Å². The van der Waals surface area contributed by atoms with E-state index in [2.05, 4.69) is 4.99 Å². The number of ether oxygens (including phenoxy) is 3. The molecule has 122 valence electrons. The van der Waals surface area contributed by atoms with Crippen LogP contribution >= 0.6 is 0 Å². The third-order valence-electron chi connectivity index (χ3n) is 3.46. The Labute approximate surface area is 136 Å². The highest BCUT2D eigenvalue weighted by Gasteiger charge is 2.12. The number of aliphatic imine (C=N–C) groups is 1. The van der Waals surface area contributed by atoms with Crippen molar-refractivity contribution in [2.24, 2.45) is 4.99 Å². The second-order valence-corrected chi connectivity index (χ2v) is 5.17. The zero-order valence-electron chi connectivity index (χ0n) is 14.0. The van der Waals surface area contributed by atoms with Crippen LogP contribution in [0.15, 0.2) is 29.3 Å². The van der Waals surface area contributed by atoms with Gasteiger partial charge >= 0.3 is 0 Å². The summed E-state index contributed by atoms with van der Waals surface area (Å²) in [7, 11) is 4.68. The summed E-state index contributed by atoms with van der Waals surface area (Å²) in [5.74, 6) is 1.82. The van der Waals surface area contributed by atoms with Crippen molar-refractivity contribution >= 4 is 11.9 Å². The van der Waals surface area contributed by atoms with Crippen molar-refractivity contribution in [2.45, 2.75) is 13.8 Å². The van der Waals surface area contributed by atoms with E-state index in [-0.39, 0.29) is 5.75 Å². The van der Waals surface area contributed by atoms with Crippen LogP contribution in [-0.4, -0.2) is 32.7 Å². The molecule has 0 amide bonds. The second-order valence-electron chi connectivity index (χ2n) is 5.17. The smallest absolute Gasteiger partial charge is 0.203 e. The number of nitrogens with zero attached hydrogens (tertiary/aromatic N) is 1. The third kappa shape index (κ3) is 3.56. The van der Waals surface area contributed by atoms with Crippen molar-refractivity contribution in [1.82, 2.24) is 0 Å². The molecule has 0 aromatic heterocycles. The summed E-state index contributed by atoms with van der Waals surface area (Å²) >= 11 is 0. The zero-order chi connectivity index (χ0) is 17.0. The third-order valence-corrected chi connectivity index (χ3v) is 3.46. The van der Waals surface area contributed by atoms with Gasteiger partial charge < -0.3 is 19.3 Å². The highest BCUT2D eigenvalue weighted by molar-refractivity contribution is 5.85. The fraction of sp³-hybridized carbons (Fsp3) is 0.278. The predicted molar refractivity (Wildman–Crippen MR) is 90.9 cm³/mol. The number of rotatable bonds is 5. The van der Waals surface area contributed by atoms with Crippen LogP contribution in [0.5, 0.6) is 23.0 Å². The van der Waals surface area contributed by atoms with Gasteiger partial charge in [-0.15, -0.1) is 0 Å². The molecule has 0 bridgehead atoms. The molecular weight excluding hydrogens is 294 g/mol. The highest BCUT2D eigenvalue weighted by atomic mass is 16.5. The first-order valence-electron chi connectivity index (χ1n) is 7.14. The maximum atomic E-state index is 10.1. The first-order chi connectivity index (χ1) is 11.0. The van der Waals surface area contributed by atoms with E-state index in [9.17, 15) is 5.11 Å². The Morgan fingerprint density at radius 3 is 2.04 bits per heavy atom. The lowest BCUT2D eigenvalue weighted by molar-refractivity contribution is 0.324. The average molecular weight is 315 g/mol. The summed E-state index contributed by atoms with van der Waals surface area (Å²) in [6.07, 6.45) is 1.65. The minimum absolute atomic E-state index is 0.180. The molecule has 0 atom stereocenters. The fourth-order valence-electron chi connectivity index (χ4n) is 2.36. The van der Waals surface area contributed by atoms with Crippen LogP contribution in [0.1, 0.15) is 16.7 Å². The number of hydrogen-bond acceptors (Lipinski definition) is 5. The van der Waals surface area contributed by atoms with E-state index in [0.29, 0.717) is 22.9 Å². The van der Waals surface area contributed by atoms with Gasteiger partial charge in [0, 0.05) is 11.8 Å². The summed E-state index contributed by atoms with van der Waals surface area (Å²) in [5, 5.41) is 10.1. The molecular formula is C18H21NO4. The Morgan fingerprint density at radius 1 is 0.913 bits per heavy atom. The number of methoxy groups -OCH3 is 3. The van der Waals surface area contributed by atoms with Crippen molar-refractivity contribution in [2.75, 3.05) is 21.3 Å². The monoisotopic (exact) mass is 315 g/mol. The Balaban J connectivity index is 2.44. The molecule has 23 heavy (non-hydrogen) atoms. The summed E-state index contributed by atoms with van der Waals surface area (Å²) in [6.45, 7) is 3.81. The van der Waals surface area contributed by atoms with Crippen LogP contribution in [0, 0.1) is 13.8 Å². The van der Waals surface area contributed by atoms with Crippen molar-refractivity contribution in [3.8, 4) is 23.0 Å². The Bertz CT molecular complexity index is 713. The van der Waals surface area contributed by atoms with E-state index in [4.69, 9.17) is 14.2 Å². The second kappa shape index (κ2) is 7.05. The maximum Gasteiger partial charge on any atom is 0.203 e. The molecule has 1 N–H and O–H groups in total. The van der Waals surface area contributed by atoms with E-state index in [1.165, 1.54) is 0 Å². The van der Waals surface area contributed by atoms with Crippen molar-refractivity contribution < 1.29 is 19.3 Å². The molecule has 0 aliphatic rings. The summed E-state index contributed by atoms with van der Waals surface area (Å²) in [4.78, 5) is 4.38. The molecule has 0 aliphatic carbocycles. The number of phenols is 1. The van der Waals surface area contributed by atoms with E-state index in [1.807, 2.05) is 26.0 Å². The summed E-state index contributed by atoms with van der Waals surface area (Å²) < 4.78 is 15.9. The molecule has 0 unspecified atom stereocenters. The number of hydrogen-bond donors (Lipinski definition) is 1. The number of benzene rings is 2. The fourth-order valence-corrected chi connectivity index (χ4v) is 2.36. The number of aryl methyl sites for hydroxylation is 2. The highest BCUT2D eigenvalue weighted by Crippen LogP contribution is 2.38. The predicted octanol–water partition coefficient (Wildman–Crippen LogP) is 3.79. The van der Waals surface area contributed by atoms with Crippen LogP contribution in [0.2, 0.25) is 0 Å². The van der Waals surface area contributed by atoms with Crippen LogP contribution in [0.3, 0.4) is 0 Å². The molecule has 0 fully saturated rings. The molecule has 2 rings (SSSR count). The first kappa shape index (κ1) is 16.7. The molecule has 5 nitrogen and oxygen atoms in total. The van der Waals surface area contributed by atoms with Gasteiger partial charge in [-0.3, -0.25) is 4.99 Å². The lowest BCUT2D eigenvalue weighted by atomic mass is 10.1. The van der Waals surface area contributed by atoms with Gasteiger partial charge in [-0.25, -0.2) is 0 Å². The van der Waals surface area contributed by atoms with Gasteiger partial charge in [0.1, 0.15) is 11.4 Å². The van der Waals surface area contributed by atoms with Crippen molar-refractivity contribution in [3.63, 3.8) is 0 Å². The van der Waals surface area contributed by atoms with E-state index < -0.39 is 0 Å². The van der Waals surface area contributed by atoms with Crippen molar-refractivity contribution in [3.05, 3.63) is 41.0 Å². The molecule has 0 heterocycles. The van der Waals surface area contributed by atoms with Gasteiger partial charge in [-0.2, -0.15) is 0 Å². The lowest BCUT2D eigenvalue weighted by Gasteiger charge is -2.12. The average Bonchev–Trinajstić information content (AvgIpc) is 2.55. The minimum Gasteiger partial charge on any atom is -0.505 e. The first-order valence-corrected chi connectivity index (χ1v) is 7.14. The molecule has 0 saturated carbocycles. The number of phenolic OH excluding ortho intramolecular Hbond substituents is 1. The molecule has 0 spiro atoms. The van der Waals surface area contributed by atoms with Gasteiger partial charge in [0.25, 0.3) is 0 Å². The van der Waals surface area contributed by atoms with Crippen LogP contribution in [-0.2, 0) is 0 Å². The van der Waals surface area contributed by atoms with Gasteiger partial charge in [-0.1, -0.05) is 6.07 Å². The maximum absolute atomic E-state index is 10.1. The SMILES string of the molecule is COc1cc(/C=N\c2cc(C)cc(C)c2O)cc(OC)c1OC. The largest absolute Gasteiger partial charge is 0.505 e. The van der Waals surface area contributed by atoms with Crippen LogP contribution < -0.4 is 14.2 Å². The summed E-state index contributed by atoms with van der Waals surface area (Å²) in [6, 6.07) is 7.33. The molecule has 2 aromatic carbocycles. The topological polar surface area (TPSA) is 60.3 Å². The standard InChI is InChI=1S/C18H21NO4/c1-11-6-12(2)17(20)14(7-11)19-10-13-8-15(21-3)18(23-5)16(9-13)22-4/h6-10,20H,1-5H3/b19-10-. The Hall–Kier alpha value is -2.69. The van der Waals surface area contributed by atoms with Gasteiger partial charge in [0.15, 0.2) is 11.5 Å².